The molecule has 3 aromatic rings. The number of aromatic nitrogens is 3. The molecule has 0 saturated carbocycles. The number of nitro groups is 1. The number of halogens is 1. The fourth-order valence-corrected chi connectivity index (χ4v) is 5.86. The van der Waals surface area contributed by atoms with Gasteiger partial charge in [-0.3, -0.25) is 19.5 Å². The van der Waals surface area contributed by atoms with Crippen LogP contribution < -0.4 is 4.74 Å². The van der Waals surface area contributed by atoms with Gasteiger partial charge in [0.05, 0.1) is 33.6 Å². The first-order valence-electron chi connectivity index (χ1n) is 12.5. The van der Waals surface area contributed by atoms with E-state index in [0.717, 1.165) is 5.75 Å². The van der Waals surface area contributed by atoms with Crippen molar-refractivity contribution >= 4 is 49.5 Å². The molecule has 1 N–H and O–H groups in total. The molecular weight excluding hydrogens is 656 g/mol. The molecule has 0 fully saturated rings. The number of rotatable bonds is 16. The third-order valence-corrected chi connectivity index (χ3v) is 8.46. The molecule has 3 rings (SSSR count). The van der Waals surface area contributed by atoms with Crippen molar-refractivity contribution in [2.45, 2.75) is 44.6 Å². The highest BCUT2D eigenvalue weighted by molar-refractivity contribution is 9.09. The molecule has 228 valence electrons. The molecule has 1 aromatic heterocycles. The Balaban J connectivity index is 1.68. The summed E-state index contributed by atoms with van der Waals surface area (Å²) in [5, 5.41) is 20.0. The monoisotopic (exact) mass is 686 g/mol. The van der Waals surface area contributed by atoms with Crippen molar-refractivity contribution < 1.29 is 36.9 Å². The lowest BCUT2D eigenvalue weighted by Crippen LogP contribution is -2.34. The average Bonchev–Trinajstić information content (AvgIpc) is 3.40. The zero-order chi connectivity index (χ0) is 30.9. The highest BCUT2D eigenvalue weighted by Gasteiger charge is 2.39. The third kappa shape index (κ3) is 8.97. The molecule has 2 aromatic carbocycles. The summed E-state index contributed by atoms with van der Waals surface area (Å²) in [4.78, 5) is 24.0. The predicted octanol–water partition coefficient (Wildman–Crippen LogP) is 4.60. The van der Waals surface area contributed by atoms with Crippen LogP contribution in [0.3, 0.4) is 0 Å². The maximum Gasteiger partial charge on any atom is 0.312 e. The van der Waals surface area contributed by atoms with Crippen LogP contribution in [-0.4, -0.2) is 62.8 Å². The zero-order valence-electron chi connectivity index (χ0n) is 23.1. The molecule has 0 amide bonds. The van der Waals surface area contributed by atoms with Crippen molar-refractivity contribution in [3.05, 3.63) is 75.6 Å². The Hall–Kier alpha value is -3.05. The fraction of sp³-hybridized carbons (Fsp3) is 0.423. The smallest absolute Gasteiger partial charge is 0.312 e. The summed E-state index contributed by atoms with van der Waals surface area (Å²) >= 11 is 5.08. The number of alkyl halides is 1. The standard InChI is InChI=1S/C26H31BrN4O9S2/c1-26(2,23(13-27)18-4-7-22(8-5-18)42(35,36)37)25(32)40-15-19-12-21(6-9-24(19)31(33)34)39-16-20-14-30(29-28-20)17-38-10-11-41-3/h4-9,12,14,23H,10-11,13,15-17H2,1-3H3,(H,35,36,37). The summed E-state index contributed by atoms with van der Waals surface area (Å²) in [5.74, 6) is 0.107. The Morgan fingerprint density at radius 3 is 2.55 bits per heavy atom. The Kier molecular flexibility index (Phi) is 11.9. The van der Waals surface area contributed by atoms with Crippen molar-refractivity contribution in [3.63, 3.8) is 0 Å². The van der Waals surface area contributed by atoms with Gasteiger partial charge < -0.3 is 14.2 Å². The Bertz CT molecular complexity index is 1480. The van der Waals surface area contributed by atoms with Gasteiger partial charge in [0, 0.05) is 23.1 Å². The third-order valence-electron chi connectivity index (χ3n) is 6.37. The highest BCUT2D eigenvalue weighted by atomic mass is 79.9. The summed E-state index contributed by atoms with van der Waals surface area (Å²) in [6.45, 7) is 3.83. The lowest BCUT2D eigenvalue weighted by molar-refractivity contribution is -0.385. The van der Waals surface area contributed by atoms with Crippen molar-refractivity contribution in [3.8, 4) is 5.75 Å². The van der Waals surface area contributed by atoms with Crippen molar-refractivity contribution in [1.29, 1.82) is 0 Å². The molecule has 42 heavy (non-hydrogen) atoms. The minimum Gasteiger partial charge on any atom is -0.487 e. The minimum absolute atomic E-state index is 0.0538. The Morgan fingerprint density at radius 2 is 1.93 bits per heavy atom. The van der Waals surface area contributed by atoms with Crippen LogP contribution in [0.15, 0.2) is 53.6 Å². The SMILES string of the molecule is CSCCOCn1cc(COc2ccc([N+](=O)[O-])c(COC(=O)C(C)(C)C(CBr)c3ccc(S(=O)(=O)O)cc3)c2)nn1. The molecule has 0 radical (unpaired) electrons. The number of hydrogen-bond donors (Lipinski definition) is 1. The van der Waals surface area contributed by atoms with Crippen molar-refractivity contribution in [1.82, 2.24) is 15.0 Å². The number of nitro benzene ring substituents is 1. The van der Waals surface area contributed by atoms with E-state index in [2.05, 4.69) is 26.2 Å². The molecular formula is C26H31BrN4O9S2. The van der Waals surface area contributed by atoms with Gasteiger partial charge in [0.15, 0.2) is 0 Å². The zero-order valence-corrected chi connectivity index (χ0v) is 26.4. The van der Waals surface area contributed by atoms with Gasteiger partial charge in [-0.1, -0.05) is 33.3 Å². The van der Waals surface area contributed by atoms with Gasteiger partial charge in [-0.05, 0) is 49.9 Å². The molecule has 1 heterocycles. The fourth-order valence-electron chi connectivity index (χ4n) is 3.91. The van der Waals surface area contributed by atoms with Crippen molar-refractivity contribution in [2.24, 2.45) is 5.41 Å². The predicted molar refractivity (Wildman–Crippen MR) is 158 cm³/mol. The van der Waals surface area contributed by atoms with Crippen molar-refractivity contribution in [2.75, 3.05) is 23.9 Å². The molecule has 0 spiro atoms. The van der Waals surface area contributed by atoms with Gasteiger partial charge in [-0.15, -0.1) is 5.10 Å². The average molecular weight is 688 g/mol. The number of nitrogens with zero attached hydrogens (tertiary/aromatic N) is 4. The van der Waals surface area contributed by atoms with E-state index in [1.807, 2.05) is 6.26 Å². The van der Waals surface area contributed by atoms with Gasteiger partial charge in [0.1, 0.15) is 31.4 Å². The van der Waals surface area contributed by atoms with Gasteiger partial charge in [0.25, 0.3) is 15.8 Å². The number of ether oxygens (including phenoxy) is 3. The highest BCUT2D eigenvalue weighted by Crippen LogP contribution is 2.39. The van der Waals surface area contributed by atoms with E-state index in [1.54, 1.807) is 31.8 Å². The van der Waals surface area contributed by atoms with Crippen LogP contribution >= 0.6 is 27.7 Å². The van der Waals surface area contributed by atoms with E-state index >= 15 is 0 Å². The number of benzene rings is 2. The molecule has 0 aliphatic carbocycles. The van der Waals surface area contributed by atoms with Gasteiger partial charge >= 0.3 is 5.97 Å². The number of carbonyl (C=O) groups excluding carboxylic acids is 1. The summed E-state index contributed by atoms with van der Waals surface area (Å²) in [5.41, 5.74) is -0.0516. The Morgan fingerprint density at radius 1 is 1.21 bits per heavy atom. The number of carbonyl (C=O) groups is 1. The van der Waals surface area contributed by atoms with E-state index in [9.17, 15) is 27.9 Å². The van der Waals surface area contributed by atoms with E-state index in [1.165, 1.54) is 47.1 Å². The molecule has 1 atom stereocenters. The summed E-state index contributed by atoms with van der Waals surface area (Å²) < 4.78 is 50.3. The molecule has 16 heteroatoms. The maximum absolute atomic E-state index is 13.2. The summed E-state index contributed by atoms with van der Waals surface area (Å²) in [7, 11) is -4.36. The van der Waals surface area contributed by atoms with E-state index in [-0.39, 0.29) is 36.1 Å². The molecule has 0 aliphatic heterocycles. The first kappa shape index (κ1) is 33.5. The number of esters is 1. The second-order valence-electron chi connectivity index (χ2n) is 9.66. The first-order chi connectivity index (χ1) is 19.9. The molecule has 1 unspecified atom stereocenters. The summed E-state index contributed by atoms with van der Waals surface area (Å²) in [6, 6.07) is 9.66. The largest absolute Gasteiger partial charge is 0.487 e. The van der Waals surface area contributed by atoms with Crippen LogP contribution in [0.5, 0.6) is 5.75 Å². The minimum atomic E-state index is -4.36. The lowest BCUT2D eigenvalue weighted by atomic mass is 9.76. The van der Waals surface area contributed by atoms with Gasteiger partial charge in [-0.25, -0.2) is 4.68 Å². The van der Waals surface area contributed by atoms with E-state index in [0.29, 0.717) is 28.9 Å². The molecule has 0 aliphatic rings. The van der Waals surface area contributed by atoms with Crippen LogP contribution in [0, 0.1) is 15.5 Å². The quantitative estimate of drug-likeness (QED) is 0.0555. The second kappa shape index (κ2) is 14.9. The Labute approximate surface area is 255 Å². The second-order valence-corrected chi connectivity index (χ2v) is 12.7. The topological polar surface area (TPSA) is 173 Å². The molecule has 0 saturated heterocycles. The number of hydrogen-bond acceptors (Lipinski definition) is 11. The lowest BCUT2D eigenvalue weighted by Gasteiger charge is -2.31. The molecule has 0 bridgehead atoms. The van der Waals surface area contributed by atoms with Gasteiger partial charge in [-0.2, -0.15) is 20.2 Å². The normalized spacial score (nSPS) is 12.6. The van der Waals surface area contributed by atoms with Crippen LogP contribution in [0.1, 0.15) is 36.6 Å². The number of thioether (sulfide) groups is 1. The van der Waals surface area contributed by atoms with Gasteiger partial charge in [0.2, 0.25) is 0 Å². The van der Waals surface area contributed by atoms with Crippen LogP contribution in [-0.2, 0) is 44.3 Å². The van der Waals surface area contributed by atoms with Crippen LogP contribution in [0.2, 0.25) is 0 Å². The maximum atomic E-state index is 13.2. The van der Waals surface area contributed by atoms with Crippen LogP contribution in [0.4, 0.5) is 5.69 Å². The first-order valence-corrected chi connectivity index (χ1v) is 16.5. The van der Waals surface area contributed by atoms with Crippen LogP contribution in [0.25, 0.3) is 0 Å². The molecule has 13 nitrogen and oxygen atoms in total. The van der Waals surface area contributed by atoms with E-state index < -0.39 is 32.3 Å². The van der Waals surface area contributed by atoms with E-state index in [4.69, 9.17) is 14.2 Å². The summed E-state index contributed by atoms with van der Waals surface area (Å²) in [6.07, 6.45) is 3.66.